The molecule has 1 saturated heterocycles. The molecule has 4 rings (SSSR count). The van der Waals surface area contributed by atoms with Crippen molar-refractivity contribution in [1.82, 2.24) is 10.2 Å². The van der Waals surface area contributed by atoms with Gasteiger partial charge in [-0.05, 0) is 97.3 Å². The second kappa shape index (κ2) is 16.2. The molecule has 0 bridgehead atoms. The van der Waals surface area contributed by atoms with Crippen LogP contribution in [-0.4, -0.2) is 71.6 Å². The normalized spacial score (nSPS) is 21.1. The van der Waals surface area contributed by atoms with Gasteiger partial charge in [0.1, 0.15) is 11.4 Å². The van der Waals surface area contributed by atoms with Crippen LogP contribution >= 0.6 is 0 Å². The summed E-state index contributed by atoms with van der Waals surface area (Å²) in [5.74, 6) is -0.401. The maximum atomic E-state index is 14.6. The fourth-order valence-corrected chi connectivity index (χ4v) is 7.03. The standard InChI is InChI=1S/C39H62N4O6/c1-10-12-14-20-42-32-23-31(18-19-33(32)48-39(8,9)36(42)46)43(30-16-17-30)35(45)28-22-27(24-41(25-28)37(47)49-38(5,6)7)34(44)40-29(15-13-11-2)21-26(3)4/h18-19,23,26-30H,10-17,20-22,24-25H2,1-9H3,(H,40,44)/t27-,28+,29?/m0/s1. The molecule has 10 nitrogen and oxygen atoms in total. The number of hydrogen-bond acceptors (Lipinski definition) is 6. The van der Waals surface area contributed by atoms with E-state index in [0.29, 0.717) is 36.0 Å². The van der Waals surface area contributed by atoms with Crippen LogP contribution in [0.3, 0.4) is 0 Å². The smallest absolute Gasteiger partial charge is 0.410 e. The Morgan fingerprint density at radius 2 is 1.71 bits per heavy atom. The molecule has 1 unspecified atom stereocenters. The molecule has 4 amide bonds. The molecule has 1 aliphatic carbocycles. The minimum atomic E-state index is -0.986. The molecule has 2 aliphatic heterocycles. The minimum Gasteiger partial charge on any atom is -0.476 e. The zero-order chi connectivity index (χ0) is 36.1. The molecule has 1 N–H and O–H groups in total. The van der Waals surface area contributed by atoms with Gasteiger partial charge in [0.25, 0.3) is 5.91 Å². The van der Waals surface area contributed by atoms with Crippen molar-refractivity contribution in [3.63, 3.8) is 0 Å². The van der Waals surface area contributed by atoms with E-state index in [4.69, 9.17) is 9.47 Å². The molecular formula is C39H62N4O6. The number of anilines is 2. The highest BCUT2D eigenvalue weighted by atomic mass is 16.6. The van der Waals surface area contributed by atoms with E-state index >= 15 is 0 Å². The van der Waals surface area contributed by atoms with Crippen molar-refractivity contribution in [3.8, 4) is 5.75 Å². The molecule has 274 valence electrons. The molecule has 2 fully saturated rings. The Morgan fingerprint density at radius 3 is 2.33 bits per heavy atom. The van der Waals surface area contributed by atoms with Crippen molar-refractivity contribution in [3.05, 3.63) is 18.2 Å². The van der Waals surface area contributed by atoms with Crippen LogP contribution in [0.25, 0.3) is 0 Å². The first-order valence-corrected chi connectivity index (χ1v) is 18.8. The van der Waals surface area contributed by atoms with E-state index in [0.717, 1.165) is 57.8 Å². The Labute approximate surface area is 294 Å². The second-order valence-electron chi connectivity index (χ2n) is 16.4. The number of ether oxygens (including phenoxy) is 2. The molecule has 1 saturated carbocycles. The summed E-state index contributed by atoms with van der Waals surface area (Å²) < 4.78 is 11.9. The summed E-state index contributed by atoms with van der Waals surface area (Å²) in [5, 5.41) is 3.29. The Bertz CT molecular complexity index is 1330. The molecular weight excluding hydrogens is 620 g/mol. The highest BCUT2D eigenvalue weighted by Gasteiger charge is 2.45. The van der Waals surface area contributed by atoms with Gasteiger partial charge in [0.05, 0.1) is 17.5 Å². The Balaban J connectivity index is 1.63. The summed E-state index contributed by atoms with van der Waals surface area (Å²) in [6, 6.07) is 5.74. The average Bonchev–Trinajstić information content (AvgIpc) is 3.86. The quantitative estimate of drug-likeness (QED) is 0.204. The topological polar surface area (TPSA) is 108 Å². The Hall–Kier alpha value is -3.30. The van der Waals surface area contributed by atoms with Gasteiger partial charge in [0.2, 0.25) is 11.8 Å². The number of nitrogens with zero attached hydrogens (tertiary/aromatic N) is 3. The predicted octanol–water partition coefficient (Wildman–Crippen LogP) is 7.47. The second-order valence-corrected chi connectivity index (χ2v) is 16.4. The molecule has 0 radical (unpaired) electrons. The first-order valence-electron chi connectivity index (χ1n) is 18.8. The molecule has 3 aliphatic rings. The zero-order valence-corrected chi connectivity index (χ0v) is 31.6. The van der Waals surface area contributed by atoms with Gasteiger partial charge in [-0.3, -0.25) is 14.4 Å². The lowest BCUT2D eigenvalue weighted by Crippen LogP contribution is -2.54. The maximum absolute atomic E-state index is 14.6. The number of rotatable bonds is 14. The highest BCUT2D eigenvalue weighted by Crippen LogP contribution is 2.43. The Kier molecular flexibility index (Phi) is 12.7. The number of carbonyl (C=O) groups excluding carboxylic acids is 4. The Morgan fingerprint density at radius 1 is 1.04 bits per heavy atom. The fourth-order valence-electron chi connectivity index (χ4n) is 7.03. The van der Waals surface area contributed by atoms with Gasteiger partial charge in [-0.15, -0.1) is 0 Å². The lowest BCUT2D eigenvalue weighted by Gasteiger charge is -2.41. The summed E-state index contributed by atoms with van der Waals surface area (Å²) in [6.07, 6.45) is 8.33. The van der Waals surface area contributed by atoms with E-state index in [9.17, 15) is 19.2 Å². The molecule has 10 heteroatoms. The van der Waals surface area contributed by atoms with Crippen LogP contribution in [-0.2, 0) is 19.1 Å². The summed E-state index contributed by atoms with van der Waals surface area (Å²) >= 11 is 0. The first-order chi connectivity index (χ1) is 23.0. The van der Waals surface area contributed by atoms with Gasteiger partial charge >= 0.3 is 6.09 Å². The van der Waals surface area contributed by atoms with E-state index < -0.39 is 29.1 Å². The van der Waals surface area contributed by atoms with E-state index in [1.54, 1.807) is 18.7 Å². The van der Waals surface area contributed by atoms with Crippen molar-refractivity contribution in [1.29, 1.82) is 0 Å². The van der Waals surface area contributed by atoms with E-state index in [-0.39, 0.29) is 42.9 Å². The number of fused-ring (bicyclic) bond motifs is 1. The molecule has 2 heterocycles. The number of likely N-dealkylation sites (tertiary alicyclic amines) is 1. The first kappa shape index (κ1) is 38.5. The molecule has 49 heavy (non-hydrogen) atoms. The van der Waals surface area contributed by atoms with Crippen LogP contribution in [0.1, 0.15) is 127 Å². The molecule has 1 aromatic carbocycles. The van der Waals surface area contributed by atoms with Crippen LogP contribution in [0.2, 0.25) is 0 Å². The number of nitrogens with one attached hydrogen (secondary N) is 1. The van der Waals surface area contributed by atoms with Crippen LogP contribution < -0.4 is 19.9 Å². The minimum absolute atomic E-state index is 0.0180. The third kappa shape index (κ3) is 10.1. The van der Waals surface area contributed by atoms with E-state index in [1.165, 1.54) is 0 Å². The third-order valence-corrected chi connectivity index (χ3v) is 9.60. The van der Waals surface area contributed by atoms with Crippen LogP contribution in [0, 0.1) is 17.8 Å². The summed E-state index contributed by atoms with van der Waals surface area (Å²) in [5.41, 5.74) is -0.319. The number of amides is 4. The molecule has 3 atom stereocenters. The lowest BCUT2D eigenvalue weighted by atomic mass is 9.87. The summed E-state index contributed by atoms with van der Waals surface area (Å²) in [6.45, 7) is 18.6. The third-order valence-electron chi connectivity index (χ3n) is 9.60. The van der Waals surface area contributed by atoms with Crippen molar-refractivity contribution in [2.45, 2.75) is 150 Å². The predicted molar refractivity (Wildman–Crippen MR) is 194 cm³/mol. The lowest BCUT2D eigenvalue weighted by molar-refractivity contribution is -0.133. The average molecular weight is 683 g/mol. The van der Waals surface area contributed by atoms with Crippen molar-refractivity contribution >= 4 is 35.2 Å². The van der Waals surface area contributed by atoms with Gasteiger partial charge < -0.3 is 29.5 Å². The largest absolute Gasteiger partial charge is 0.476 e. The summed E-state index contributed by atoms with van der Waals surface area (Å²) in [7, 11) is 0. The molecule has 0 spiro atoms. The van der Waals surface area contributed by atoms with Crippen LogP contribution in [0.15, 0.2) is 18.2 Å². The summed E-state index contributed by atoms with van der Waals surface area (Å²) in [4.78, 5) is 60.7. The monoisotopic (exact) mass is 682 g/mol. The fraction of sp³-hybridized carbons (Fsp3) is 0.744. The maximum Gasteiger partial charge on any atom is 0.410 e. The number of piperidine rings is 1. The van der Waals surface area contributed by atoms with Gasteiger partial charge in [-0.25, -0.2) is 4.79 Å². The number of benzene rings is 1. The number of hydrogen-bond donors (Lipinski definition) is 1. The highest BCUT2D eigenvalue weighted by molar-refractivity contribution is 6.04. The van der Waals surface area contributed by atoms with Crippen molar-refractivity contribution in [2.75, 3.05) is 29.4 Å². The van der Waals surface area contributed by atoms with Crippen LogP contribution in [0.5, 0.6) is 5.75 Å². The zero-order valence-electron chi connectivity index (χ0n) is 31.6. The van der Waals surface area contributed by atoms with Gasteiger partial charge in [0.15, 0.2) is 5.60 Å². The van der Waals surface area contributed by atoms with E-state index in [1.807, 2.05) is 48.8 Å². The van der Waals surface area contributed by atoms with Gasteiger partial charge in [-0.2, -0.15) is 0 Å². The number of unbranched alkanes of at least 4 members (excludes halogenated alkanes) is 3. The van der Waals surface area contributed by atoms with E-state index in [2.05, 4.69) is 33.0 Å². The number of carbonyl (C=O) groups is 4. The SMILES string of the molecule is CCCCCN1C(=O)C(C)(C)Oc2ccc(N(C(=O)[C@@H]3C[C@H](C(=O)NC(CCCC)CC(C)C)CN(C(=O)OC(C)(C)C)C3)C3CC3)cc21. The van der Waals surface area contributed by atoms with Crippen LogP contribution in [0.4, 0.5) is 16.2 Å². The van der Waals surface area contributed by atoms with Gasteiger partial charge in [0, 0.05) is 37.4 Å². The molecule has 1 aromatic rings. The van der Waals surface area contributed by atoms with Crippen molar-refractivity contribution < 1.29 is 28.7 Å². The molecule has 0 aromatic heterocycles. The van der Waals surface area contributed by atoms with Gasteiger partial charge in [-0.1, -0.05) is 53.4 Å². The van der Waals surface area contributed by atoms with Crippen molar-refractivity contribution in [2.24, 2.45) is 17.8 Å².